The third-order valence-corrected chi connectivity index (χ3v) is 7.99. The van der Waals surface area contributed by atoms with Gasteiger partial charge >= 0.3 is 5.97 Å². The van der Waals surface area contributed by atoms with E-state index in [9.17, 15) is 15.0 Å². The molecule has 2 heterocycles. The van der Waals surface area contributed by atoms with Crippen molar-refractivity contribution in [3.63, 3.8) is 0 Å². The number of likely N-dealkylation sites (N-methyl/N-ethyl adjacent to an activating group) is 1. The van der Waals surface area contributed by atoms with E-state index in [1.807, 2.05) is 25.1 Å². The fraction of sp³-hybridized carbons (Fsp3) is 0.690. The SMILES string of the molecule is CC[C@H]1O[C@@H](/C(C)=C/C/C=C/[C@H]2[C@@H](C)[C@@H]2/C=C/[C@@H]2O[C@H](CC(=O)O)C[C@H](N(C)C)[C@H]2O)CC=C1C. The molecule has 0 aromatic rings. The van der Waals surface area contributed by atoms with Crippen LogP contribution in [0.15, 0.2) is 47.6 Å². The maximum absolute atomic E-state index is 11.2. The maximum Gasteiger partial charge on any atom is 0.305 e. The van der Waals surface area contributed by atoms with Gasteiger partial charge in [0.1, 0.15) is 6.10 Å². The topological polar surface area (TPSA) is 79.2 Å². The van der Waals surface area contributed by atoms with Crippen LogP contribution >= 0.6 is 0 Å². The van der Waals surface area contributed by atoms with Gasteiger partial charge < -0.3 is 24.6 Å². The molecule has 6 nitrogen and oxygen atoms in total. The van der Waals surface area contributed by atoms with Crippen LogP contribution in [0, 0.1) is 17.8 Å². The Morgan fingerprint density at radius 1 is 1.20 bits per heavy atom. The highest BCUT2D eigenvalue weighted by Gasteiger charge is 2.43. The zero-order chi connectivity index (χ0) is 25.7. The van der Waals surface area contributed by atoms with E-state index in [0.29, 0.717) is 24.2 Å². The van der Waals surface area contributed by atoms with Crippen molar-refractivity contribution < 1.29 is 24.5 Å². The first-order chi connectivity index (χ1) is 16.6. The first-order valence-corrected chi connectivity index (χ1v) is 13.2. The van der Waals surface area contributed by atoms with Gasteiger partial charge in [0.2, 0.25) is 0 Å². The van der Waals surface area contributed by atoms with E-state index in [4.69, 9.17) is 9.47 Å². The van der Waals surface area contributed by atoms with E-state index >= 15 is 0 Å². The normalized spacial score (nSPS) is 38.3. The molecule has 0 amide bonds. The highest BCUT2D eigenvalue weighted by Crippen LogP contribution is 2.48. The van der Waals surface area contributed by atoms with Crippen LogP contribution in [0.25, 0.3) is 0 Å². The number of aliphatic carboxylic acids is 1. The molecule has 1 saturated heterocycles. The second-order valence-corrected chi connectivity index (χ2v) is 10.8. The molecule has 0 aromatic carbocycles. The van der Waals surface area contributed by atoms with Gasteiger partial charge in [-0.15, -0.1) is 0 Å². The number of aliphatic hydroxyl groups excluding tert-OH is 1. The van der Waals surface area contributed by atoms with E-state index in [1.54, 1.807) is 0 Å². The smallest absolute Gasteiger partial charge is 0.305 e. The molecule has 3 rings (SSSR count). The minimum Gasteiger partial charge on any atom is -0.481 e. The Morgan fingerprint density at radius 3 is 2.57 bits per heavy atom. The Labute approximate surface area is 211 Å². The van der Waals surface area contributed by atoms with Crippen LogP contribution in [-0.2, 0) is 14.3 Å². The summed E-state index contributed by atoms with van der Waals surface area (Å²) in [4.78, 5) is 13.2. The number of carboxylic acid groups (broad SMARTS) is 1. The minimum atomic E-state index is -0.872. The van der Waals surface area contributed by atoms with Crippen molar-refractivity contribution in [3.05, 3.63) is 47.6 Å². The van der Waals surface area contributed by atoms with Gasteiger partial charge in [0.05, 0.1) is 30.8 Å². The predicted octanol–water partition coefficient (Wildman–Crippen LogP) is 4.75. The Hall–Kier alpha value is -1.73. The Bertz CT molecular complexity index is 844. The third-order valence-electron chi connectivity index (χ3n) is 7.99. The van der Waals surface area contributed by atoms with Crippen LogP contribution in [0.4, 0.5) is 0 Å². The number of carboxylic acids is 1. The Kier molecular flexibility index (Phi) is 9.94. The van der Waals surface area contributed by atoms with Gasteiger partial charge in [-0.25, -0.2) is 0 Å². The molecule has 2 aliphatic heterocycles. The summed E-state index contributed by atoms with van der Waals surface area (Å²) >= 11 is 0. The number of hydrogen-bond donors (Lipinski definition) is 2. The van der Waals surface area contributed by atoms with Gasteiger partial charge in [-0.3, -0.25) is 4.79 Å². The molecule has 196 valence electrons. The number of allylic oxidation sites excluding steroid dienone is 4. The summed E-state index contributed by atoms with van der Waals surface area (Å²) < 4.78 is 12.2. The van der Waals surface area contributed by atoms with Crippen molar-refractivity contribution >= 4 is 5.97 Å². The summed E-state index contributed by atoms with van der Waals surface area (Å²) in [5.74, 6) is 0.586. The molecule has 2 N–H and O–H groups in total. The fourth-order valence-corrected chi connectivity index (χ4v) is 5.48. The molecular formula is C29H45NO5. The molecule has 0 spiro atoms. The average molecular weight is 488 g/mol. The molecule has 1 saturated carbocycles. The lowest BCUT2D eigenvalue weighted by molar-refractivity contribution is -0.153. The van der Waals surface area contributed by atoms with Crippen LogP contribution < -0.4 is 0 Å². The largest absolute Gasteiger partial charge is 0.481 e. The molecule has 0 radical (unpaired) electrons. The molecule has 9 atom stereocenters. The van der Waals surface area contributed by atoms with Crippen molar-refractivity contribution in [2.24, 2.45) is 17.8 Å². The van der Waals surface area contributed by atoms with Crippen molar-refractivity contribution in [2.45, 2.75) is 96.4 Å². The third kappa shape index (κ3) is 7.39. The van der Waals surface area contributed by atoms with Crippen LogP contribution in [0.2, 0.25) is 0 Å². The molecule has 6 heteroatoms. The molecule has 2 fully saturated rings. The highest BCUT2D eigenvalue weighted by molar-refractivity contribution is 5.67. The number of carbonyl (C=O) groups is 1. The molecule has 0 unspecified atom stereocenters. The molecule has 1 aliphatic carbocycles. The standard InChI is InChI=1S/C29H45NO5/c1-7-25-19(3)12-14-26(35-25)18(2)10-8-9-11-22-20(4)23(22)13-15-27-29(33)24(30(5)6)16-21(34-27)17-28(31)32/h9-13,15,20-27,29,33H,7-8,14,16-17H2,1-6H3,(H,31,32)/b11-9+,15-13+,18-10+/t20-,21+,22+,23+,24+,25-,26-,27+,29-/m1/s1. The zero-order valence-corrected chi connectivity index (χ0v) is 22.3. The van der Waals surface area contributed by atoms with Gasteiger partial charge in [-0.05, 0) is 82.5 Å². The number of ether oxygens (including phenoxy) is 2. The molecule has 0 bridgehead atoms. The number of hydrogen-bond acceptors (Lipinski definition) is 5. The summed E-state index contributed by atoms with van der Waals surface area (Å²) in [6, 6.07) is -0.120. The van der Waals surface area contributed by atoms with Crippen LogP contribution in [0.1, 0.15) is 59.8 Å². The van der Waals surface area contributed by atoms with E-state index in [-0.39, 0.29) is 30.8 Å². The summed E-state index contributed by atoms with van der Waals surface area (Å²) in [7, 11) is 3.83. The van der Waals surface area contributed by atoms with E-state index in [2.05, 4.69) is 58.1 Å². The molecule has 3 aliphatic rings. The number of aliphatic hydroxyl groups is 1. The van der Waals surface area contributed by atoms with Crippen molar-refractivity contribution in [1.29, 1.82) is 0 Å². The zero-order valence-electron chi connectivity index (χ0n) is 22.3. The second-order valence-electron chi connectivity index (χ2n) is 10.8. The summed E-state index contributed by atoms with van der Waals surface area (Å²) in [5.41, 5.74) is 2.64. The maximum atomic E-state index is 11.2. The van der Waals surface area contributed by atoms with Crippen LogP contribution in [0.5, 0.6) is 0 Å². The van der Waals surface area contributed by atoms with Gasteiger partial charge in [-0.2, -0.15) is 0 Å². The molecule has 35 heavy (non-hydrogen) atoms. The quantitative estimate of drug-likeness (QED) is 0.433. The average Bonchev–Trinajstić information content (AvgIpc) is 3.43. The second kappa shape index (κ2) is 12.5. The van der Waals surface area contributed by atoms with E-state index in [0.717, 1.165) is 19.3 Å². The monoisotopic (exact) mass is 487 g/mol. The van der Waals surface area contributed by atoms with Gasteiger partial charge in [-0.1, -0.05) is 50.3 Å². The Balaban J connectivity index is 1.52. The lowest BCUT2D eigenvalue weighted by Crippen LogP contribution is -2.53. The highest BCUT2D eigenvalue weighted by atomic mass is 16.5. The lowest BCUT2D eigenvalue weighted by atomic mass is 9.92. The lowest BCUT2D eigenvalue weighted by Gasteiger charge is -2.41. The minimum absolute atomic E-state index is 0.0412. The summed E-state index contributed by atoms with van der Waals surface area (Å²) in [6.07, 6.45) is 15.5. The molecule has 0 aromatic heterocycles. The van der Waals surface area contributed by atoms with E-state index < -0.39 is 18.2 Å². The van der Waals surface area contributed by atoms with Gasteiger partial charge in [0.25, 0.3) is 0 Å². The van der Waals surface area contributed by atoms with Crippen LogP contribution in [-0.4, -0.2) is 71.7 Å². The van der Waals surface area contributed by atoms with Gasteiger partial charge in [0, 0.05) is 6.04 Å². The summed E-state index contributed by atoms with van der Waals surface area (Å²) in [6.45, 7) is 8.74. The number of nitrogens with zero attached hydrogens (tertiary/aromatic N) is 1. The van der Waals surface area contributed by atoms with Crippen molar-refractivity contribution in [1.82, 2.24) is 4.90 Å². The fourth-order valence-electron chi connectivity index (χ4n) is 5.48. The van der Waals surface area contributed by atoms with Crippen molar-refractivity contribution in [2.75, 3.05) is 14.1 Å². The van der Waals surface area contributed by atoms with E-state index in [1.165, 1.54) is 11.1 Å². The van der Waals surface area contributed by atoms with Crippen molar-refractivity contribution in [3.8, 4) is 0 Å². The van der Waals surface area contributed by atoms with Gasteiger partial charge in [0.15, 0.2) is 0 Å². The molecular weight excluding hydrogens is 442 g/mol. The first kappa shape index (κ1) is 27.9. The number of rotatable bonds is 10. The Morgan fingerprint density at radius 2 is 1.91 bits per heavy atom. The first-order valence-electron chi connectivity index (χ1n) is 13.2. The summed E-state index contributed by atoms with van der Waals surface area (Å²) in [5, 5.41) is 20.0. The predicted molar refractivity (Wildman–Crippen MR) is 139 cm³/mol. The van der Waals surface area contributed by atoms with Crippen LogP contribution in [0.3, 0.4) is 0 Å².